The zero-order chi connectivity index (χ0) is 26.3. The Hall–Kier alpha value is -1.75. The Balaban J connectivity index is 2.05. The number of aryl methyl sites for hydroxylation is 6. The molecule has 1 aliphatic heterocycles. The van der Waals surface area contributed by atoms with Gasteiger partial charge in [0.05, 0.1) is 0 Å². The van der Waals surface area contributed by atoms with Crippen LogP contribution in [0.4, 0.5) is 11.4 Å². The summed E-state index contributed by atoms with van der Waals surface area (Å²) in [5.41, 5.74) is 14.9. The lowest BCUT2D eigenvalue weighted by molar-refractivity contribution is 0.992. The van der Waals surface area contributed by atoms with Gasteiger partial charge in [0.2, 0.25) is 0 Å². The Morgan fingerprint density at radius 1 is 0.556 bits per heavy atom. The average molecular weight is 521 g/mol. The molecule has 1 aliphatic rings. The number of anilines is 2. The molecule has 0 aliphatic carbocycles. The molecule has 194 valence electrons. The smallest absolute Gasteiger partial charge is 0.147 e. The summed E-state index contributed by atoms with van der Waals surface area (Å²) >= 11 is 0. The van der Waals surface area contributed by atoms with Crippen LogP contribution in [0.5, 0.6) is 0 Å². The number of hydrogen-bond acceptors (Lipinski definition) is 2. The summed E-state index contributed by atoms with van der Waals surface area (Å²) in [6.07, 6.45) is 4.70. The standard InChI is InChI=1S/C32H46N2P2/c1-11-27-28(12-2)30(14-4)35(29(27)13-3)36-33(31-23(7)17-21(5)18-24(31)8)15-16-34(36)32-25(9)19-22(6)20-26(32)10/h17-20H,11-16H2,1-10H3. The van der Waals surface area contributed by atoms with Crippen LogP contribution in [-0.2, 0) is 25.7 Å². The summed E-state index contributed by atoms with van der Waals surface area (Å²) in [5.74, 6) is 0. The Morgan fingerprint density at radius 2 is 0.889 bits per heavy atom. The molecule has 0 N–H and O–H groups in total. The van der Waals surface area contributed by atoms with Crippen LogP contribution in [0.3, 0.4) is 0 Å². The average Bonchev–Trinajstić information content (AvgIpc) is 3.35. The molecule has 2 aromatic carbocycles. The minimum absolute atomic E-state index is 0.378. The van der Waals surface area contributed by atoms with Crippen LogP contribution in [-0.4, -0.2) is 13.1 Å². The fourth-order valence-corrected chi connectivity index (χ4v) is 16.7. The highest BCUT2D eigenvalue weighted by Gasteiger charge is 2.40. The lowest BCUT2D eigenvalue weighted by Crippen LogP contribution is -2.16. The van der Waals surface area contributed by atoms with E-state index in [1.54, 1.807) is 21.7 Å². The number of hydrogen-bond donors (Lipinski definition) is 0. The third-order valence-corrected chi connectivity index (χ3v) is 15.9. The fraction of sp³-hybridized carbons (Fsp3) is 0.500. The van der Waals surface area contributed by atoms with Gasteiger partial charge >= 0.3 is 0 Å². The van der Waals surface area contributed by atoms with Gasteiger partial charge < -0.3 is 9.34 Å². The molecule has 0 atom stereocenters. The van der Waals surface area contributed by atoms with Gasteiger partial charge in [-0.1, -0.05) is 70.3 Å². The largest absolute Gasteiger partial charge is 0.325 e. The van der Waals surface area contributed by atoms with Crippen molar-refractivity contribution in [2.75, 3.05) is 22.4 Å². The highest BCUT2D eigenvalue weighted by Crippen LogP contribution is 2.76. The molecule has 2 nitrogen and oxygen atoms in total. The van der Waals surface area contributed by atoms with Crippen molar-refractivity contribution in [1.29, 1.82) is 0 Å². The molecular formula is C32H46N2P2. The highest BCUT2D eigenvalue weighted by molar-refractivity contribution is 8.28. The summed E-state index contributed by atoms with van der Waals surface area (Å²) < 4.78 is 5.75. The first-order valence-corrected chi connectivity index (χ1v) is 17.2. The summed E-state index contributed by atoms with van der Waals surface area (Å²) in [4.78, 5) is 0. The summed E-state index contributed by atoms with van der Waals surface area (Å²) in [6.45, 7) is 25.6. The van der Waals surface area contributed by atoms with Crippen LogP contribution in [0, 0.1) is 41.5 Å². The van der Waals surface area contributed by atoms with Crippen molar-refractivity contribution in [3.8, 4) is 0 Å². The fourth-order valence-electron chi connectivity index (χ4n) is 6.82. The molecule has 0 unspecified atom stereocenters. The van der Waals surface area contributed by atoms with Crippen molar-refractivity contribution in [3.05, 3.63) is 79.4 Å². The number of benzene rings is 2. The van der Waals surface area contributed by atoms with Gasteiger partial charge in [-0.3, -0.25) is 0 Å². The van der Waals surface area contributed by atoms with E-state index in [0.29, 0.717) is 0 Å². The Labute approximate surface area is 222 Å². The first kappa shape index (κ1) is 27.3. The monoisotopic (exact) mass is 520 g/mol. The van der Waals surface area contributed by atoms with Gasteiger partial charge in [-0.2, -0.15) is 0 Å². The number of nitrogens with zero attached hydrogens (tertiary/aromatic N) is 2. The minimum atomic E-state index is -0.549. The van der Waals surface area contributed by atoms with Gasteiger partial charge in [-0.15, -0.1) is 0 Å². The third-order valence-electron chi connectivity index (χ3n) is 7.87. The predicted molar refractivity (Wildman–Crippen MR) is 165 cm³/mol. The molecule has 2 heterocycles. The van der Waals surface area contributed by atoms with Crippen LogP contribution >= 0.6 is 15.1 Å². The second kappa shape index (κ2) is 10.9. The first-order valence-electron chi connectivity index (χ1n) is 13.9. The lowest BCUT2D eigenvalue weighted by Gasteiger charge is -2.37. The quantitative estimate of drug-likeness (QED) is 0.286. The summed E-state index contributed by atoms with van der Waals surface area (Å²) in [5, 5.41) is 3.57. The van der Waals surface area contributed by atoms with Gasteiger partial charge in [-0.05, 0) is 111 Å². The van der Waals surface area contributed by atoms with E-state index < -0.39 is 7.91 Å². The molecule has 0 bridgehead atoms. The third kappa shape index (κ3) is 4.54. The van der Waals surface area contributed by atoms with E-state index in [1.807, 2.05) is 0 Å². The maximum atomic E-state index is 2.88. The van der Waals surface area contributed by atoms with Gasteiger partial charge in [0, 0.05) is 24.5 Å². The van der Waals surface area contributed by atoms with Crippen molar-refractivity contribution in [1.82, 2.24) is 0 Å². The molecule has 36 heavy (non-hydrogen) atoms. The SMILES string of the molecule is CCc1c(CC)c(CC)p(P2N(c3c(C)cc(C)cc3C)CCN2c2c(C)cc(C)cc2C)c1CC. The molecule has 1 aromatic heterocycles. The van der Waals surface area contributed by atoms with E-state index in [0.717, 1.165) is 13.1 Å². The van der Waals surface area contributed by atoms with Crippen molar-refractivity contribution in [2.24, 2.45) is 0 Å². The van der Waals surface area contributed by atoms with E-state index in [1.165, 1.54) is 70.4 Å². The summed E-state index contributed by atoms with van der Waals surface area (Å²) in [7, 11) is -0.927. The molecule has 1 fully saturated rings. The second-order valence-corrected chi connectivity index (χ2v) is 16.1. The molecule has 0 amide bonds. The Morgan fingerprint density at radius 3 is 1.17 bits per heavy atom. The van der Waals surface area contributed by atoms with E-state index in [9.17, 15) is 0 Å². The topological polar surface area (TPSA) is 6.48 Å². The second-order valence-electron chi connectivity index (χ2n) is 10.6. The molecule has 4 rings (SSSR count). The zero-order valence-corrected chi connectivity index (χ0v) is 26.1. The van der Waals surface area contributed by atoms with Gasteiger partial charge in [0.15, 0.2) is 0 Å². The van der Waals surface area contributed by atoms with E-state index >= 15 is 0 Å². The Kier molecular flexibility index (Phi) is 8.29. The molecule has 0 spiro atoms. The Bertz CT molecular complexity index is 1130. The predicted octanol–water partition coefficient (Wildman–Crippen LogP) is 9.88. The first-order chi connectivity index (χ1) is 17.2. The molecule has 1 saturated heterocycles. The van der Waals surface area contributed by atoms with Gasteiger partial charge in [0.1, 0.15) is 7.91 Å². The van der Waals surface area contributed by atoms with E-state index in [4.69, 9.17) is 0 Å². The molecule has 0 saturated carbocycles. The van der Waals surface area contributed by atoms with Crippen molar-refractivity contribution in [2.45, 2.75) is 94.9 Å². The molecule has 3 aromatic rings. The van der Waals surface area contributed by atoms with Crippen molar-refractivity contribution in [3.63, 3.8) is 0 Å². The maximum absolute atomic E-state index is 2.88. The normalized spacial score (nSPS) is 14.4. The zero-order valence-electron chi connectivity index (χ0n) is 24.3. The van der Waals surface area contributed by atoms with Crippen LogP contribution < -0.4 is 9.34 Å². The van der Waals surface area contributed by atoms with Crippen molar-refractivity contribution < 1.29 is 0 Å². The minimum Gasteiger partial charge on any atom is -0.325 e. The van der Waals surface area contributed by atoms with E-state index in [2.05, 4.69) is 103 Å². The lowest BCUT2D eigenvalue weighted by atomic mass is 10.0. The summed E-state index contributed by atoms with van der Waals surface area (Å²) in [6, 6.07) is 9.57. The van der Waals surface area contributed by atoms with Crippen LogP contribution in [0.15, 0.2) is 24.3 Å². The van der Waals surface area contributed by atoms with Crippen LogP contribution in [0.1, 0.15) is 82.8 Å². The highest BCUT2D eigenvalue weighted by atomic mass is 32.1. The molecule has 4 heteroatoms. The van der Waals surface area contributed by atoms with Gasteiger partial charge in [-0.25, -0.2) is 0 Å². The van der Waals surface area contributed by atoms with E-state index in [-0.39, 0.29) is 7.22 Å². The molecule has 0 radical (unpaired) electrons. The van der Waals surface area contributed by atoms with Gasteiger partial charge in [0.25, 0.3) is 0 Å². The number of rotatable bonds is 7. The van der Waals surface area contributed by atoms with Crippen LogP contribution in [0.25, 0.3) is 0 Å². The van der Waals surface area contributed by atoms with Crippen molar-refractivity contribution >= 4 is 26.5 Å². The van der Waals surface area contributed by atoms with Crippen LogP contribution in [0.2, 0.25) is 0 Å². The molecular weight excluding hydrogens is 474 g/mol. The maximum Gasteiger partial charge on any atom is 0.147 e.